The smallest absolute Gasteiger partial charge is 0.308 e. The van der Waals surface area contributed by atoms with Gasteiger partial charge in [0.2, 0.25) is 5.91 Å². The van der Waals surface area contributed by atoms with Crippen LogP contribution in [0.4, 0.5) is 11.4 Å². The van der Waals surface area contributed by atoms with Crippen molar-refractivity contribution in [2.24, 2.45) is 0 Å². The largest absolute Gasteiger partial charge is 0.378 e. The first kappa shape index (κ1) is 19.4. The van der Waals surface area contributed by atoms with Gasteiger partial charge in [-0.15, -0.1) is 0 Å². The van der Waals surface area contributed by atoms with Crippen molar-refractivity contribution in [1.82, 2.24) is 4.57 Å². The highest BCUT2D eigenvalue weighted by Gasteiger charge is 2.15. The van der Waals surface area contributed by atoms with E-state index in [0.717, 1.165) is 60.1 Å². The van der Waals surface area contributed by atoms with Gasteiger partial charge in [0.15, 0.2) is 0 Å². The summed E-state index contributed by atoms with van der Waals surface area (Å²) >= 11 is 1.11. The number of nitrogens with zero attached hydrogens (tertiary/aromatic N) is 2. The molecule has 0 radical (unpaired) electrons. The molecule has 7 heteroatoms. The molecule has 0 atom stereocenters. The lowest BCUT2D eigenvalue weighted by atomic mass is 10.1. The topological polar surface area (TPSA) is 63.6 Å². The third kappa shape index (κ3) is 4.41. The molecule has 0 saturated carbocycles. The van der Waals surface area contributed by atoms with Gasteiger partial charge in [0, 0.05) is 35.4 Å². The Morgan fingerprint density at radius 2 is 1.83 bits per heavy atom. The molecule has 150 valence electrons. The van der Waals surface area contributed by atoms with Gasteiger partial charge in [-0.3, -0.25) is 14.2 Å². The number of hydrogen-bond acceptors (Lipinski definition) is 5. The van der Waals surface area contributed by atoms with Crippen LogP contribution in [0.15, 0.2) is 58.7 Å². The number of carbonyl (C=O) groups is 1. The lowest BCUT2D eigenvalue weighted by molar-refractivity contribution is -0.116. The van der Waals surface area contributed by atoms with Gasteiger partial charge in [-0.05, 0) is 36.8 Å². The van der Waals surface area contributed by atoms with Crippen molar-refractivity contribution in [3.63, 3.8) is 0 Å². The molecular formula is C22H23N3O3S. The Kier molecular flexibility index (Phi) is 5.78. The number of hydrogen-bond donors (Lipinski definition) is 1. The maximum Gasteiger partial charge on any atom is 0.308 e. The van der Waals surface area contributed by atoms with Gasteiger partial charge >= 0.3 is 4.87 Å². The molecular weight excluding hydrogens is 386 g/mol. The molecule has 0 spiro atoms. The van der Waals surface area contributed by atoms with Crippen molar-refractivity contribution in [3.05, 3.63) is 69.1 Å². The van der Waals surface area contributed by atoms with Gasteiger partial charge in [-0.25, -0.2) is 0 Å². The van der Waals surface area contributed by atoms with Crippen LogP contribution in [0.3, 0.4) is 0 Å². The molecule has 6 nitrogen and oxygen atoms in total. The zero-order valence-corrected chi connectivity index (χ0v) is 17.1. The van der Waals surface area contributed by atoms with E-state index in [1.165, 1.54) is 4.57 Å². The van der Waals surface area contributed by atoms with E-state index in [0.29, 0.717) is 5.69 Å². The number of ether oxygens (including phenoxy) is 1. The minimum atomic E-state index is -0.223. The fourth-order valence-corrected chi connectivity index (χ4v) is 4.23. The SMILES string of the molecule is Cc1ccccc1-c1csc(=O)n1CC(=O)Nc1ccc(N2CCOCC2)cc1. The summed E-state index contributed by atoms with van der Waals surface area (Å²) in [6, 6.07) is 15.6. The summed E-state index contributed by atoms with van der Waals surface area (Å²) in [5.41, 5.74) is 4.64. The van der Waals surface area contributed by atoms with E-state index < -0.39 is 0 Å². The molecule has 1 fully saturated rings. The summed E-state index contributed by atoms with van der Waals surface area (Å²) in [4.78, 5) is 27.0. The molecule has 1 aromatic heterocycles. The molecule has 1 aliphatic rings. The zero-order valence-electron chi connectivity index (χ0n) is 16.3. The summed E-state index contributed by atoms with van der Waals surface area (Å²) in [7, 11) is 0. The van der Waals surface area contributed by atoms with Crippen LogP contribution >= 0.6 is 11.3 Å². The molecule has 0 bridgehead atoms. The number of amides is 1. The number of aryl methyl sites for hydroxylation is 1. The minimum absolute atomic E-state index is 0.0167. The molecule has 0 unspecified atom stereocenters. The fraction of sp³-hybridized carbons (Fsp3) is 0.273. The molecule has 29 heavy (non-hydrogen) atoms. The molecule has 1 N–H and O–H groups in total. The Bertz CT molecular complexity index is 1050. The number of benzene rings is 2. The van der Waals surface area contributed by atoms with E-state index in [4.69, 9.17) is 4.74 Å². The van der Waals surface area contributed by atoms with Crippen LogP contribution in [-0.4, -0.2) is 36.8 Å². The molecule has 1 amide bonds. The van der Waals surface area contributed by atoms with Crippen LogP contribution in [0.2, 0.25) is 0 Å². The average molecular weight is 410 g/mol. The molecule has 0 aliphatic carbocycles. The third-order valence-electron chi connectivity index (χ3n) is 5.03. The normalized spacial score (nSPS) is 14.0. The Balaban J connectivity index is 1.46. The number of carbonyl (C=O) groups excluding carboxylic acids is 1. The van der Waals surface area contributed by atoms with Crippen molar-refractivity contribution in [2.75, 3.05) is 36.5 Å². The summed E-state index contributed by atoms with van der Waals surface area (Å²) < 4.78 is 6.91. The summed E-state index contributed by atoms with van der Waals surface area (Å²) in [5.74, 6) is -0.223. The van der Waals surface area contributed by atoms with Crippen LogP contribution in [-0.2, 0) is 16.1 Å². The highest BCUT2D eigenvalue weighted by atomic mass is 32.1. The molecule has 2 aromatic carbocycles. The van der Waals surface area contributed by atoms with Crippen LogP contribution in [0.5, 0.6) is 0 Å². The van der Waals surface area contributed by atoms with Gasteiger partial charge in [0.05, 0.1) is 18.9 Å². The summed E-state index contributed by atoms with van der Waals surface area (Å²) in [5, 5.41) is 4.71. The maximum absolute atomic E-state index is 12.6. The summed E-state index contributed by atoms with van der Waals surface area (Å²) in [6.45, 7) is 5.19. The van der Waals surface area contributed by atoms with Crippen molar-refractivity contribution >= 4 is 28.6 Å². The second kappa shape index (κ2) is 8.63. The minimum Gasteiger partial charge on any atom is -0.378 e. The number of morpholine rings is 1. The first-order valence-corrected chi connectivity index (χ1v) is 10.5. The highest BCUT2D eigenvalue weighted by Crippen LogP contribution is 2.24. The number of aromatic nitrogens is 1. The lowest BCUT2D eigenvalue weighted by Crippen LogP contribution is -2.36. The van der Waals surface area contributed by atoms with E-state index in [1.54, 1.807) is 0 Å². The van der Waals surface area contributed by atoms with E-state index in [9.17, 15) is 9.59 Å². The van der Waals surface area contributed by atoms with E-state index in [-0.39, 0.29) is 17.3 Å². The quantitative estimate of drug-likeness (QED) is 0.702. The molecule has 1 aliphatic heterocycles. The van der Waals surface area contributed by atoms with Crippen molar-refractivity contribution in [2.45, 2.75) is 13.5 Å². The Hall–Kier alpha value is -2.90. The van der Waals surface area contributed by atoms with Gasteiger partial charge in [-0.2, -0.15) is 0 Å². The standard InChI is InChI=1S/C22H23N3O3S/c1-16-4-2-3-5-19(16)20-15-29-22(27)25(20)14-21(26)23-17-6-8-18(9-7-17)24-10-12-28-13-11-24/h2-9,15H,10-14H2,1H3,(H,23,26). The van der Waals surface area contributed by atoms with E-state index in [2.05, 4.69) is 10.2 Å². The van der Waals surface area contributed by atoms with Crippen LogP contribution < -0.4 is 15.1 Å². The zero-order chi connectivity index (χ0) is 20.2. The molecule has 1 saturated heterocycles. The second-order valence-electron chi connectivity index (χ2n) is 6.98. The Morgan fingerprint density at radius 1 is 1.10 bits per heavy atom. The Labute approximate surface area is 173 Å². The number of anilines is 2. The van der Waals surface area contributed by atoms with Gasteiger partial charge in [0.25, 0.3) is 0 Å². The fourth-order valence-electron chi connectivity index (χ4n) is 3.47. The van der Waals surface area contributed by atoms with Crippen LogP contribution in [0.1, 0.15) is 5.56 Å². The molecule has 2 heterocycles. The van der Waals surface area contributed by atoms with Crippen molar-refractivity contribution in [1.29, 1.82) is 0 Å². The van der Waals surface area contributed by atoms with Gasteiger partial charge in [-0.1, -0.05) is 35.6 Å². The van der Waals surface area contributed by atoms with Crippen molar-refractivity contribution in [3.8, 4) is 11.3 Å². The van der Waals surface area contributed by atoms with Crippen LogP contribution in [0.25, 0.3) is 11.3 Å². The predicted octanol–water partition coefficient (Wildman–Crippen LogP) is 3.36. The number of thiazole rings is 1. The predicted molar refractivity (Wildman–Crippen MR) is 117 cm³/mol. The van der Waals surface area contributed by atoms with E-state index >= 15 is 0 Å². The Morgan fingerprint density at radius 3 is 2.55 bits per heavy atom. The second-order valence-corrected chi connectivity index (χ2v) is 7.80. The first-order valence-electron chi connectivity index (χ1n) is 9.59. The molecule has 3 aromatic rings. The highest BCUT2D eigenvalue weighted by molar-refractivity contribution is 7.07. The number of nitrogens with one attached hydrogen (secondary N) is 1. The number of rotatable bonds is 5. The first-order chi connectivity index (χ1) is 14.1. The molecule has 4 rings (SSSR count). The lowest BCUT2D eigenvalue weighted by Gasteiger charge is -2.28. The van der Waals surface area contributed by atoms with Gasteiger partial charge < -0.3 is 15.0 Å². The summed E-state index contributed by atoms with van der Waals surface area (Å²) in [6.07, 6.45) is 0. The average Bonchev–Trinajstić information content (AvgIpc) is 3.09. The van der Waals surface area contributed by atoms with Gasteiger partial charge in [0.1, 0.15) is 6.54 Å². The monoisotopic (exact) mass is 409 g/mol. The maximum atomic E-state index is 12.6. The third-order valence-corrected chi connectivity index (χ3v) is 5.80. The van der Waals surface area contributed by atoms with Crippen molar-refractivity contribution < 1.29 is 9.53 Å². The van der Waals surface area contributed by atoms with E-state index in [1.807, 2.05) is 60.8 Å². The van der Waals surface area contributed by atoms with Crippen LogP contribution in [0, 0.1) is 6.92 Å².